The van der Waals surface area contributed by atoms with Gasteiger partial charge in [0.1, 0.15) is 0 Å². The van der Waals surface area contributed by atoms with Crippen molar-refractivity contribution >= 4 is 17.6 Å². The quantitative estimate of drug-likeness (QED) is 0.805. The molecule has 108 valence electrons. The normalized spacial score (nSPS) is 17.1. The molecule has 1 amide bonds. The number of anilines is 1. The number of nitrogens with one attached hydrogen (secondary N) is 1. The molecule has 1 aliphatic carbocycles. The topological polar surface area (TPSA) is 81.4 Å². The molecule has 1 fully saturated rings. The van der Waals surface area contributed by atoms with E-state index in [4.69, 9.17) is 10.5 Å². The van der Waals surface area contributed by atoms with Crippen molar-refractivity contribution in [2.24, 2.45) is 11.7 Å². The maximum absolute atomic E-state index is 12.3. The van der Waals surface area contributed by atoms with Crippen LogP contribution in [0.25, 0.3) is 0 Å². The summed E-state index contributed by atoms with van der Waals surface area (Å²) in [5, 5.41) is 2.75. The van der Waals surface area contributed by atoms with E-state index in [1.54, 1.807) is 38.1 Å². The molecule has 3 N–H and O–H groups in total. The molecule has 20 heavy (non-hydrogen) atoms. The number of amides is 1. The molecule has 1 unspecified atom stereocenters. The summed E-state index contributed by atoms with van der Waals surface area (Å²) in [5.74, 6) is -0.498. The van der Waals surface area contributed by atoms with Gasteiger partial charge in [0.2, 0.25) is 5.91 Å². The highest BCUT2D eigenvalue weighted by Crippen LogP contribution is 2.38. The summed E-state index contributed by atoms with van der Waals surface area (Å²) in [6.07, 6.45) is 1.94. The first kappa shape index (κ1) is 14.5. The van der Waals surface area contributed by atoms with Crippen LogP contribution in [0.4, 0.5) is 5.69 Å². The molecule has 0 radical (unpaired) electrons. The molecule has 1 aliphatic rings. The number of hydrogen-bond acceptors (Lipinski definition) is 4. The Morgan fingerprint density at radius 3 is 2.65 bits per heavy atom. The Hall–Kier alpha value is -1.88. The Balaban J connectivity index is 2.17. The second-order valence-electron chi connectivity index (χ2n) is 5.28. The first-order valence-electron chi connectivity index (χ1n) is 6.83. The molecule has 5 heteroatoms. The van der Waals surface area contributed by atoms with Crippen LogP contribution in [0, 0.1) is 5.92 Å². The average molecular weight is 276 g/mol. The van der Waals surface area contributed by atoms with E-state index in [1.165, 1.54) is 0 Å². The fraction of sp³-hybridized carbons (Fsp3) is 0.467. The van der Waals surface area contributed by atoms with Gasteiger partial charge in [0, 0.05) is 0 Å². The zero-order valence-electron chi connectivity index (χ0n) is 11.8. The van der Waals surface area contributed by atoms with Gasteiger partial charge in [-0.1, -0.05) is 12.1 Å². The fourth-order valence-electron chi connectivity index (χ4n) is 2.10. The zero-order chi connectivity index (χ0) is 14.8. The molecule has 1 atom stereocenters. The third kappa shape index (κ3) is 2.99. The number of rotatable bonds is 5. The van der Waals surface area contributed by atoms with Crippen molar-refractivity contribution in [2.75, 3.05) is 11.9 Å². The highest BCUT2D eigenvalue weighted by molar-refractivity contribution is 6.04. The summed E-state index contributed by atoms with van der Waals surface area (Å²) in [4.78, 5) is 24.1. The molecule has 0 heterocycles. The number of carbonyl (C=O) groups excluding carboxylic acids is 2. The maximum Gasteiger partial charge on any atom is 0.340 e. The van der Waals surface area contributed by atoms with E-state index in [0.717, 1.165) is 12.8 Å². The van der Waals surface area contributed by atoms with Crippen LogP contribution in [0.15, 0.2) is 24.3 Å². The molecule has 5 nitrogen and oxygen atoms in total. The first-order valence-corrected chi connectivity index (χ1v) is 6.83. The van der Waals surface area contributed by atoms with Crippen LogP contribution in [-0.4, -0.2) is 24.0 Å². The van der Waals surface area contributed by atoms with Crippen molar-refractivity contribution in [1.29, 1.82) is 0 Å². The van der Waals surface area contributed by atoms with Gasteiger partial charge < -0.3 is 15.8 Å². The second kappa shape index (κ2) is 5.63. The highest BCUT2D eigenvalue weighted by Gasteiger charge is 2.44. The minimum Gasteiger partial charge on any atom is -0.462 e. The largest absolute Gasteiger partial charge is 0.462 e. The highest BCUT2D eigenvalue weighted by atomic mass is 16.5. The van der Waals surface area contributed by atoms with Crippen molar-refractivity contribution in [3.05, 3.63) is 29.8 Å². The van der Waals surface area contributed by atoms with Gasteiger partial charge in [-0.2, -0.15) is 0 Å². The Morgan fingerprint density at radius 2 is 2.05 bits per heavy atom. The van der Waals surface area contributed by atoms with Gasteiger partial charge in [-0.3, -0.25) is 4.79 Å². The van der Waals surface area contributed by atoms with Crippen LogP contribution in [0.3, 0.4) is 0 Å². The van der Waals surface area contributed by atoms with Gasteiger partial charge in [0.15, 0.2) is 0 Å². The summed E-state index contributed by atoms with van der Waals surface area (Å²) in [6, 6.07) is 6.78. The molecular formula is C15H20N2O3. The lowest BCUT2D eigenvalue weighted by Crippen LogP contribution is -2.50. The number of hydrogen-bond donors (Lipinski definition) is 2. The van der Waals surface area contributed by atoms with E-state index in [1.807, 2.05) is 0 Å². The molecule has 0 aliphatic heterocycles. The van der Waals surface area contributed by atoms with Crippen LogP contribution < -0.4 is 11.1 Å². The van der Waals surface area contributed by atoms with Crippen LogP contribution in [0.1, 0.15) is 37.0 Å². The van der Waals surface area contributed by atoms with Gasteiger partial charge in [-0.25, -0.2) is 4.79 Å². The molecule has 0 saturated heterocycles. The monoisotopic (exact) mass is 276 g/mol. The van der Waals surface area contributed by atoms with Crippen LogP contribution in [-0.2, 0) is 9.53 Å². The van der Waals surface area contributed by atoms with Gasteiger partial charge in [0.05, 0.1) is 23.4 Å². The summed E-state index contributed by atoms with van der Waals surface area (Å²) in [5.41, 5.74) is 5.95. The van der Waals surface area contributed by atoms with Crippen molar-refractivity contribution in [2.45, 2.75) is 32.2 Å². The average Bonchev–Trinajstić information content (AvgIpc) is 3.24. The van der Waals surface area contributed by atoms with E-state index in [-0.39, 0.29) is 18.4 Å². The lowest BCUT2D eigenvalue weighted by Gasteiger charge is -2.23. The summed E-state index contributed by atoms with van der Waals surface area (Å²) in [6.45, 7) is 3.76. The van der Waals surface area contributed by atoms with Crippen LogP contribution in [0.2, 0.25) is 0 Å². The summed E-state index contributed by atoms with van der Waals surface area (Å²) < 4.78 is 4.97. The number of benzene rings is 1. The fourth-order valence-corrected chi connectivity index (χ4v) is 2.10. The lowest BCUT2D eigenvalue weighted by molar-refractivity contribution is -0.121. The molecule has 1 aromatic rings. The Kier molecular flexibility index (Phi) is 4.09. The minimum absolute atomic E-state index is 0.220. The van der Waals surface area contributed by atoms with E-state index in [0.29, 0.717) is 11.3 Å². The molecular weight excluding hydrogens is 256 g/mol. The number of ether oxygens (including phenoxy) is 1. The van der Waals surface area contributed by atoms with E-state index >= 15 is 0 Å². The van der Waals surface area contributed by atoms with Gasteiger partial charge in [0.25, 0.3) is 0 Å². The van der Waals surface area contributed by atoms with Gasteiger partial charge >= 0.3 is 5.97 Å². The number of para-hydroxylation sites is 1. The summed E-state index contributed by atoms with van der Waals surface area (Å²) in [7, 11) is 0. The van der Waals surface area contributed by atoms with Crippen LogP contribution >= 0.6 is 0 Å². The standard InChI is InChI=1S/C15H20N2O3/c1-3-20-13(18)11-6-4-5-7-12(11)17-14(19)15(2,16)10-8-9-10/h4-7,10H,3,8-9,16H2,1-2H3,(H,17,19). The first-order chi connectivity index (χ1) is 9.46. The Bertz CT molecular complexity index is 522. The van der Waals surface area contributed by atoms with Crippen molar-refractivity contribution in [1.82, 2.24) is 0 Å². The zero-order valence-corrected chi connectivity index (χ0v) is 11.8. The molecule has 2 rings (SSSR count). The van der Waals surface area contributed by atoms with E-state index < -0.39 is 11.5 Å². The van der Waals surface area contributed by atoms with Crippen molar-refractivity contribution in [3.63, 3.8) is 0 Å². The molecule has 0 aromatic heterocycles. The van der Waals surface area contributed by atoms with Crippen molar-refractivity contribution < 1.29 is 14.3 Å². The SMILES string of the molecule is CCOC(=O)c1ccccc1NC(=O)C(C)(N)C1CC1. The Morgan fingerprint density at radius 1 is 1.40 bits per heavy atom. The predicted octanol–water partition coefficient (Wildman–Crippen LogP) is 1.93. The Labute approximate surface area is 118 Å². The number of esters is 1. The third-order valence-corrected chi connectivity index (χ3v) is 3.59. The third-order valence-electron chi connectivity index (χ3n) is 3.59. The lowest BCUT2D eigenvalue weighted by atomic mass is 9.96. The molecule has 0 spiro atoms. The summed E-state index contributed by atoms with van der Waals surface area (Å²) >= 11 is 0. The number of carbonyl (C=O) groups is 2. The van der Waals surface area contributed by atoms with E-state index in [9.17, 15) is 9.59 Å². The molecule has 1 aromatic carbocycles. The molecule has 0 bridgehead atoms. The molecule has 1 saturated carbocycles. The number of nitrogens with two attached hydrogens (primary N) is 1. The van der Waals surface area contributed by atoms with E-state index in [2.05, 4.69) is 5.32 Å². The van der Waals surface area contributed by atoms with Crippen LogP contribution in [0.5, 0.6) is 0 Å². The van der Waals surface area contributed by atoms with Gasteiger partial charge in [-0.15, -0.1) is 0 Å². The van der Waals surface area contributed by atoms with Gasteiger partial charge in [-0.05, 0) is 44.7 Å². The second-order valence-corrected chi connectivity index (χ2v) is 5.28. The minimum atomic E-state index is -0.901. The maximum atomic E-state index is 12.3. The van der Waals surface area contributed by atoms with Crippen molar-refractivity contribution in [3.8, 4) is 0 Å². The predicted molar refractivity (Wildman–Crippen MR) is 76.3 cm³/mol. The smallest absolute Gasteiger partial charge is 0.340 e.